The number of rotatable bonds is 4. The lowest BCUT2D eigenvalue weighted by Crippen LogP contribution is -2.62. The third kappa shape index (κ3) is 3.19. The second-order valence-corrected chi connectivity index (χ2v) is 6.28. The van der Waals surface area contributed by atoms with Crippen LogP contribution in [0.1, 0.15) is 24.8 Å². The van der Waals surface area contributed by atoms with Crippen LogP contribution in [0.25, 0.3) is 10.8 Å². The first kappa shape index (κ1) is 17.3. The van der Waals surface area contributed by atoms with Crippen molar-refractivity contribution in [2.45, 2.75) is 37.2 Å². The maximum Gasteiger partial charge on any atom is 0.354 e. The summed E-state index contributed by atoms with van der Waals surface area (Å²) >= 11 is 0. The predicted octanol–water partition coefficient (Wildman–Crippen LogP) is 2.08. The third-order valence-electron chi connectivity index (χ3n) is 4.60. The van der Waals surface area contributed by atoms with E-state index in [0.717, 1.165) is 10.8 Å². The molecule has 0 bridgehead atoms. The number of benzene rings is 2. The SMILES string of the molecule is O=C(Cc1cccc2ccccc12)NNC(=O)C(F)(F)C1(O)CCC1. The molecule has 2 amide bonds. The van der Waals surface area contributed by atoms with Crippen molar-refractivity contribution in [3.8, 4) is 0 Å². The summed E-state index contributed by atoms with van der Waals surface area (Å²) in [5.74, 6) is -6.28. The number of carbonyl (C=O) groups is 2. The van der Waals surface area contributed by atoms with Gasteiger partial charge < -0.3 is 5.11 Å². The minimum absolute atomic E-state index is 0.0720. The maximum absolute atomic E-state index is 13.9. The molecule has 0 aromatic heterocycles. The highest BCUT2D eigenvalue weighted by atomic mass is 19.3. The molecule has 1 fully saturated rings. The first-order valence-corrected chi connectivity index (χ1v) is 8.00. The number of amides is 2. The summed E-state index contributed by atoms with van der Waals surface area (Å²) in [4.78, 5) is 23.6. The van der Waals surface area contributed by atoms with Crippen LogP contribution in [0.15, 0.2) is 42.5 Å². The van der Waals surface area contributed by atoms with Gasteiger partial charge in [-0.05, 0) is 35.6 Å². The van der Waals surface area contributed by atoms with Crippen molar-refractivity contribution in [3.05, 3.63) is 48.0 Å². The van der Waals surface area contributed by atoms with Crippen LogP contribution in [0.3, 0.4) is 0 Å². The normalized spacial score (nSPS) is 16.1. The first-order chi connectivity index (χ1) is 11.8. The quantitative estimate of drug-likeness (QED) is 0.740. The fourth-order valence-corrected chi connectivity index (χ4v) is 2.91. The molecule has 1 aliphatic carbocycles. The first-order valence-electron chi connectivity index (χ1n) is 8.00. The van der Waals surface area contributed by atoms with E-state index in [2.05, 4.69) is 0 Å². The van der Waals surface area contributed by atoms with E-state index in [0.29, 0.717) is 12.0 Å². The molecule has 0 radical (unpaired) electrons. The predicted molar refractivity (Wildman–Crippen MR) is 87.7 cm³/mol. The summed E-state index contributed by atoms with van der Waals surface area (Å²) in [7, 11) is 0. The molecule has 0 heterocycles. The molecular weight excluding hydrogens is 330 g/mol. The van der Waals surface area contributed by atoms with E-state index < -0.39 is 23.3 Å². The van der Waals surface area contributed by atoms with Gasteiger partial charge in [0.05, 0.1) is 6.42 Å². The third-order valence-corrected chi connectivity index (χ3v) is 4.60. The molecule has 7 heteroatoms. The van der Waals surface area contributed by atoms with Gasteiger partial charge in [0.2, 0.25) is 5.91 Å². The van der Waals surface area contributed by atoms with Crippen molar-refractivity contribution < 1.29 is 23.5 Å². The number of hydrogen-bond donors (Lipinski definition) is 3. The molecule has 0 unspecified atom stereocenters. The topological polar surface area (TPSA) is 78.4 Å². The molecule has 0 saturated heterocycles. The Bertz CT molecular complexity index is 814. The Morgan fingerprint density at radius 1 is 1.08 bits per heavy atom. The van der Waals surface area contributed by atoms with Gasteiger partial charge in [0.25, 0.3) is 0 Å². The second-order valence-electron chi connectivity index (χ2n) is 6.28. The summed E-state index contributed by atoms with van der Waals surface area (Å²) in [6, 6.07) is 12.9. The molecular formula is C18H18F2N2O3. The van der Waals surface area contributed by atoms with Crippen molar-refractivity contribution in [1.82, 2.24) is 10.9 Å². The molecule has 2 aromatic rings. The van der Waals surface area contributed by atoms with Crippen molar-refractivity contribution in [1.29, 1.82) is 0 Å². The Morgan fingerprint density at radius 3 is 2.44 bits per heavy atom. The highest BCUT2D eigenvalue weighted by molar-refractivity contribution is 5.92. The number of halogens is 2. The zero-order chi connectivity index (χ0) is 18.1. The highest BCUT2D eigenvalue weighted by Gasteiger charge is 2.61. The Balaban J connectivity index is 1.62. The molecule has 0 aliphatic heterocycles. The number of aliphatic hydroxyl groups is 1. The molecule has 1 saturated carbocycles. The van der Waals surface area contributed by atoms with E-state index in [1.165, 1.54) is 0 Å². The van der Waals surface area contributed by atoms with Crippen LogP contribution in [0, 0.1) is 0 Å². The van der Waals surface area contributed by atoms with Gasteiger partial charge in [0, 0.05) is 0 Å². The molecule has 5 nitrogen and oxygen atoms in total. The van der Waals surface area contributed by atoms with Gasteiger partial charge in [-0.25, -0.2) is 0 Å². The Morgan fingerprint density at radius 2 is 1.76 bits per heavy atom. The van der Waals surface area contributed by atoms with Gasteiger partial charge in [-0.3, -0.25) is 20.4 Å². The molecule has 0 spiro atoms. The molecule has 132 valence electrons. The second kappa shape index (κ2) is 6.40. The van der Waals surface area contributed by atoms with Crippen molar-refractivity contribution in [2.75, 3.05) is 0 Å². The van der Waals surface area contributed by atoms with Crippen molar-refractivity contribution in [3.63, 3.8) is 0 Å². The number of carbonyl (C=O) groups excluding carboxylic acids is 2. The summed E-state index contributed by atoms with van der Waals surface area (Å²) < 4.78 is 27.8. The molecule has 0 atom stereocenters. The lowest BCUT2D eigenvalue weighted by molar-refractivity contribution is -0.216. The molecule has 1 aliphatic rings. The van der Waals surface area contributed by atoms with Crippen LogP contribution in [0.5, 0.6) is 0 Å². The van der Waals surface area contributed by atoms with Gasteiger partial charge in [0.1, 0.15) is 5.60 Å². The standard InChI is InChI=1S/C18H18F2N2O3/c19-18(20,17(25)9-4-10-17)16(24)22-21-15(23)11-13-7-3-6-12-5-1-2-8-14(12)13/h1-3,5-8,25H,4,9-11H2,(H,21,23)(H,22,24). The average molecular weight is 348 g/mol. The molecule has 3 rings (SSSR count). The summed E-state index contributed by atoms with van der Waals surface area (Å²) in [6.07, 6.45) is 0.0824. The highest BCUT2D eigenvalue weighted by Crippen LogP contribution is 2.44. The number of fused-ring (bicyclic) bond motifs is 1. The van der Waals surface area contributed by atoms with E-state index in [4.69, 9.17) is 0 Å². The number of alkyl halides is 2. The lowest BCUT2D eigenvalue weighted by Gasteiger charge is -2.41. The zero-order valence-electron chi connectivity index (χ0n) is 13.4. The van der Waals surface area contributed by atoms with Crippen molar-refractivity contribution >= 4 is 22.6 Å². The summed E-state index contributed by atoms with van der Waals surface area (Å²) in [5, 5.41) is 11.5. The van der Waals surface area contributed by atoms with Gasteiger partial charge in [-0.15, -0.1) is 0 Å². The minimum atomic E-state index is -3.95. The minimum Gasteiger partial charge on any atom is -0.383 e. The number of hydrogen-bond acceptors (Lipinski definition) is 3. The van der Waals surface area contributed by atoms with Crippen LogP contribution in [-0.2, 0) is 16.0 Å². The van der Waals surface area contributed by atoms with E-state index in [-0.39, 0.29) is 19.3 Å². The Labute approximate surface area is 143 Å². The van der Waals surface area contributed by atoms with E-state index >= 15 is 0 Å². The zero-order valence-corrected chi connectivity index (χ0v) is 13.4. The van der Waals surface area contributed by atoms with Crippen LogP contribution in [-0.4, -0.2) is 28.4 Å². The molecule has 3 N–H and O–H groups in total. The maximum atomic E-state index is 13.9. The van der Waals surface area contributed by atoms with Crippen LogP contribution in [0.4, 0.5) is 8.78 Å². The summed E-state index contributed by atoms with van der Waals surface area (Å²) in [5.41, 5.74) is 2.10. The smallest absolute Gasteiger partial charge is 0.354 e. The van der Waals surface area contributed by atoms with E-state index in [9.17, 15) is 23.5 Å². The fourth-order valence-electron chi connectivity index (χ4n) is 2.91. The molecule has 2 aromatic carbocycles. The van der Waals surface area contributed by atoms with Gasteiger partial charge in [0.15, 0.2) is 0 Å². The Hall–Kier alpha value is -2.54. The van der Waals surface area contributed by atoms with Gasteiger partial charge >= 0.3 is 11.8 Å². The number of hydrazine groups is 1. The monoisotopic (exact) mass is 348 g/mol. The average Bonchev–Trinajstić information content (AvgIpc) is 2.57. The largest absolute Gasteiger partial charge is 0.383 e. The fraction of sp³-hybridized carbons (Fsp3) is 0.333. The van der Waals surface area contributed by atoms with Crippen LogP contribution >= 0.6 is 0 Å². The van der Waals surface area contributed by atoms with E-state index in [1.54, 1.807) is 17.6 Å². The van der Waals surface area contributed by atoms with Crippen LogP contribution < -0.4 is 10.9 Å². The summed E-state index contributed by atoms with van der Waals surface area (Å²) in [6.45, 7) is 0. The molecule has 25 heavy (non-hydrogen) atoms. The number of nitrogens with one attached hydrogen (secondary N) is 2. The van der Waals surface area contributed by atoms with Gasteiger partial charge in [-0.1, -0.05) is 42.5 Å². The van der Waals surface area contributed by atoms with Gasteiger partial charge in [-0.2, -0.15) is 8.78 Å². The van der Waals surface area contributed by atoms with E-state index in [1.807, 2.05) is 35.8 Å². The lowest BCUT2D eigenvalue weighted by atomic mass is 9.75. The van der Waals surface area contributed by atoms with Crippen LogP contribution in [0.2, 0.25) is 0 Å². The Kier molecular flexibility index (Phi) is 4.43. The van der Waals surface area contributed by atoms with Crippen molar-refractivity contribution in [2.24, 2.45) is 0 Å².